The monoisotopic (exact) mass is 280 g/mol. The predicted octanol–water partition coefficient (Wildman–Crippen LogP) is 3.74. The zero-order chi connectivity index (χ0) is 13.5. The van der Waals surface area contributed by atoms with Gasteiger partial charge < -0.3 is 5.32 Å². The van der Waals surface area contributed by atoms with Crippen molar-refractivity contribution in [2.75, 3.05) is 19.6 Å². The molecule has 2 nitrogen and oxygen atoms in total. The summed E-state index contributed by atoms with van der Waals surface area (Å²) in [5, 5.41) is 5.88. The SMILES string of the molecule is CCNC1CCCCC1CN(CC)Cc1cccs1. The van der Waals surface area contributed by atoms with E-state index in [0.29, 0.717) is 0 Å². The van der Waals surface area contributed by atoms with E-state index >= 15 is 0 Å². The molecular formula is C16H28N2S. The van der Waals surface area contributed by atoms with Crippen LogP contribution in [0.5, 0.6) is 0 Å². The van der Waals surface area contributed by atoms with E-state index in [1.165, 1.54) is 37.1 Å². The first kappa shape index (κ1) is 15.0. The standard InChI is InChI=1S/C16H28N2S/c1-3-17-16-10-6-5-8-14(16)12-18(4-2)13-15-9-7-11-19-15/h7,9,11,14,16-17H,3-6,8,10,12-13H2,1-2H3. The van der Waals surface area contributed by atoms with Crippen molar-refractivity contribution >= 4 is 11.3 Å². The van der Waals surface area contributed by atoms with Gasteiger partial charge in [0, 0.05) is 24.0 Å². The van der Waals surface area contributed by atoms with Gasteiger partial charge in [0.05, 0.1) is 0 Å². The lowest BCUT2D eigenvalue weighted by Gasteiger charge is -2.35. The minimum Gasteiger partial charge on any atom is -0.314 e. The Hall–Kier alpha value is -0.380. The molecule has 0 amide bonds. The van der Waals surface area contributed by atoms with Crippen molar-refractivity contribution in [1.29, 1.82) is 0 Å². The second-order valence-electron chi connectivity index (χ2n) is 5.62. The van der Waals surface area contributed by atoms with Crippen LogP contribution in [-0.4, -0.2) is 30.6 Å². The first-order valence-corrected chi connectivity index (χ1v) is 8.69. The summed E-state index contributed by atoms with van der Waals surface area (Å²) >= 11 is 1.88. The fourth-order valence-corrected chi connectivity index (χ4v) is 3.96. The number of rotatable bonds is 7. The van der Waals surface area contributed by atoms with Crippen molar-refractivity contribution in [3.8, 4) is 0 Å². The first-order chi connectivity index (χ1) is 9.33. The summed E-state index contributed by atoms with van der Waals surface area (Å²) in [6.45, 7) is 9.18. The Bertz CT molecular complexity index is 335. The highest BCUT2D eigenvalue weighted by molar-refractivity contribution is 7.09. The van der Waals surface area contributed by atoms with Gasteiger partial charge in [-0.25, -0.2) is 0 Å². The molecule has 1 saturated carbocycles. The summed E-state index contributed by atoms with van der Waals surface area (Å²) in [7, 11) is 0. The lowest BCUT2D eigenvalue weighted by molar-refractivity contribution is 0.169. The third-order valence-electron chi connectivity index (χ3n) is 4.27. The van der Waals surface area contributed by atoms with Gasteiger partial charge in [0.1, 0.15) is 0 Å². The van der Waals surface area contributed by atoms with Crippen LogP contribution in [-0.2, 0) is 6.54 Å². The highest BCUT2D eigenvalue weighted by Crippen LogP contribution is 2.26. The van der Waals surface area contributed by atoms with Gasteiger partial charge in [-0.2, -0.15) is 0 Å². The molecule has 1 aliphatic rings. The number of nitrogens with one attached hydrogen (secondary N) is 1. The largest absolute Gasteiger partial charge is 0.314 e. The van der Waals surface area contributed by atoms with Crippen LogP contribution in [0.15, 0.2) is 17.5 Å². The molecule has 1 N–H and O–H groups in total. The molecule has 0 radical (unpaired) electrons. The molecule has 19 heavy (non-hydrogen) atoms. The Morgan fingerprint density at radius 2 is 2.16 bits per heavy atom. The second kappa shape index (κ2) is 8.03. The molecule has 2 rings (SSSR count). The number of thiophene rings is 1. The van der Waals surface area contributed by atoms with E-state index in [1.54, 1.807) is 0 Å². The van der Waals surface area contributed by atoms with Gasteiger partial charge in [0.2, 0.25) is 0 Å². The lowest BCUT2D eigenvalue weighted by Crippen LogP contribution is -2.44. The molecule has 0 saturated heterocycles. The molecule has 1 heterocycles. The van der Waals surface area contributed by atoms with Crippen LogP contribution in [0.2, 0.25) is 0 Å². The Morgan fingerprint density at radius 1 is 1.32 bits per heavy atom. The van der Waals surface area contributed by atoms with Gasteiger partial charge in [0.25, 0.3) is 0 Å². The second-order valence-corrected chi connectivity index (χ2v) is 6.65. The highest BCUT2D eigenvalue weighted by Gasteiger charge is 2.25. The zero-order valence-corrected chi connectivity index (χ0v) is 13.2. The topological polar surface area (TPSA) is 15.3 Å². The van der Waals surface area contributed by atoms with Gasteiger partial charge in [-0.1, -0.05) is 32.8 Å². The third-order valence-corrected chi connectivity index (χ3v) is 5.14. The zero-order valence-electron chi connectivity index (χ0n) is 12.4. The van der Waals surface area contributed by atoms with Crippen molar-refractivity contribution in [2.24, 2.45) is 5.92 Å². The smallest absolute Gasteiger partial charge is 0.0327 e. The molecule has 0 bridgehead atoms. The molecule has 2 unspecified atom stereocenters. The van der Waals surface area contributed by atoms with Gasteiger partial charge >= 0.3 is 0 Å². The molecule has 3 heteroatoms. The van der Waals surface area contributed by atoms with E-state index in [4.69, 9.17) is 0 Å². The molecule has 1 aliphatic carbocycles. The average molecular weight is 280 g/mol. The molecule has 1 aromatic rings. The van der Waals surface area contributed by atoms with E-state index in [2.05, 4.69) is 41.6 Å². The van der Waals surface area contributed by atoms with Crippen molar-refractivity contribution in [3.63, 3.8) is 0 Å². The fourth-order valence-electron chi connectivity index (χ4n) is 3.22. The maximum absolute atomic E-state index is 3.70. The molecule has 108 valence electrons. The summed E-state index contributed by atoms with van der Waals surface area (Å²) in [6, 6.07) is 5.17. The van der Waals surface area contributed by atoms with Crippen LogP contribution in [0.4, 0.5) is 0 Å². The maximum Gasteiger partial charge on any atom is 0.0327 e. The van der Waals surface area contributed by atoms with E-state index in [0.717, 1.165) is 31.6 Å². The summed E-state index contributed by atoms with van der Waals surface area (Å²) in [5.74, 6) is 0.841. The van der Waals surface area contributed by atoms with Crippen molar-refractivity contribution in [2.45, 2.75) is 52.1 Å². The predicted molar refractivity (Wildman–Crippen MR) is 84.7 cm³/mol. The fraction of sp³-hybridized carbons (Fsp3) is 0.750. The van der Waals surface area contributed by atoms with Crippen LogP contribution in [0.1, 0.15) is 44.4 Å². The third kappa shape index (κ3) is 4.59. The van der Waals surface area contributed by atoms with Gasteiger partial charge in [-0.05, 0) is 43.3 Å². The van der Waals surface area contributed by atoms with Gasteiger partial charge in [0.15, 0.2) is 0 Å². The Labute approximate surface area is 122 Å². The Balaban J connectivity index is 1.88. The molecule has 1 aromatic heterocycles. The highest BCUT2D eigenvalue weighted by atomic mass is 32.1. The van der Waals surface area contributed by atoms with Crippen molar-refractivity contribution < 1.29 is 0 Å². The normalized spacial score (nSPS) is 23.9. The molecule has 1 fully saturated rings. The Kier molecular flexibility index (Phi) is 6.35. The molecule has 0 aliphatic heterocycles. The van der Waals surface area contributed by atoms with Crippen molar-refractivity contribution in [3.05, 3.63) is 22.4 Å². The summed E-state index contributed by atoms with van der Waals surface area (Å²) in [5.41, 5.74) is 0. The molecule has 0 spiro atoms. The van der Waals surface area contributed by atoms with E-state index in [9.17, 15) is 0 Å². The van der Waals surface area contributed by atoms with Crippen LogP contribution >= 0.6 is 11.3 Å². The first-order valence-electron chi connectivity index (χ1n) is 7.81. The van der Waals surface area contributed by atoms with E-state index < -0.39 is 0 Å². The minimum absolute atomic E-state index is 0.746. The number of hydrogen-bond acceptors (Lipinski definition) is 3. The van der Waals surface area contributed by atoms with Crippen LogP contribution in [0.25, 0.3) is 0 Å². The number of nitrogens with zero attached hydrogens (tertiary/aromatic N) is 1. The van der Waals surface area contributed by atoms with E-state index in [1.807, 2.05) is 11.3 Å². The summed E-state index contributed by atoms with van der Waals surface area (Å²) < 4.78 is 0. The summed E-state index contributed by atoms with van der Waals surface area (Å²) in [4.78, 5) is 4.12. The maximum atomic E-state index is 3.70. The van der Waals surface area contributed by atoms with Gasteiger partial charge in [-0.15, -0.1) is 11.3 Å². The molecule has 0 aromatic carbocycles. The Morgan fingerprint density at radius 3 is 2.84 bits per heavy atom. The van der Waals surface area contributed by atoms with Crippen LogP contribution in [0.3, 0.4) is 0 Å². The van der Waals surface area contributed by atoms with Crippen LogP contribution in [0, 0.1) is 5.92 Å². The van der Waals surface area contributed by atoms with Crippen molar-refractivity contribution in [1.82, 2.24) is 10.2 Å². The lowest BCUT2D eigenvalue weighted by atomic mass is 9.84. The van der Waals surface area contributed by atoms with E-state index in [-0.39, 0.29) is 0 Å². The van der Waals surface area contributed by atoms with Crippen LogP contribution < -0.4 is 5.32 Å². The van der Waals surface area contributed by atoms with Gasteiger partial charge in [-0.3, -0.25) is 4.90 Å². The molecule has 2 atom stereocenters. The number of hydrogen-bond donors (Lipinski definition) is 1. The molecular weight excluding hydrogens is 252 g/mol. The minimum atomic E-state index is 0.746. The average Bonchev–Trinajstić information content (AvgIpc) is 2.93. The summed E-state index contributed by atoms with van der Waals surface area (Å²) in [6.07, 6.45) is 5.60. The quantitative estimate of drug-likeness (QED) is 0.818.